The third-order valence-corrected chi connectivity index (χ3v) is 1.98. The van der Waals surface area contributed by atoms with Crippen LogP contribution in [0.2, 0.25) is 0 Å². The van der Waals surface area contributed by atoms with Crippen molar-refractivity contribution in [3.8, 4) is 0 Å². The van der Waals surface area contributed by atoms with E-state index in [2.05, 4.69) is 6.08 Å². The average molecular weight is 181 g/mol. The molecule has 0 aromatic rings. The average Bonchev–Trinajstić information content (AvgIpc) is 1.98. The van der Waals surface area contributed by atoms with Gasteiger partial charge < -0.3 is 0 Å². The van der Waals surface area contributed by atoms with Gasteiger partial charge in [0.2, 0.25) is 0 Å². The van der Waals surface area contributed by atoms with Gasteiger partial charge in [-0.3, -0.25) is 0 Å². The molecule has 0 fully saturated rings. The quantitative estimate of drug-likeness (QED) is 0.345. The van der Waals surface area contributed by atoms with Gasteiger partial charge in [0.15, 0.2) is 0 Å². The maximum atomic E-state index is 5.57. The van der Waals surface area contributed by atoms with Crippen LogP contribution in [0.4, 0.5) is 0 Å². The zero-order valence-corrected chi connectivity index (χ0v) is 7.88. The van der Waals surface area contributed by atoms with Gasteiger partial charge in [0.1, 0.15) is 0 Å². The molecule has 0 saturated carbocycles. The summed E-state index contributed by atoms with van der Waals surface area (Å²) in [6.07, 6.45) is 5.58. The highest BCUT2D eigenvalue weighted by atomic mass is 35.5. The van der Waals surface area contributed by atoms with Gasteiger partial charge in [0.05, 0.1) is 0 Å². The van der Waals surface area contributed by atoms with Gasteiger partial charge in [0.25, 0.3) is 0 Å². The smallest absolute Gasteiger partial charge is 0.0430 e. The number of alkyl halides is 2. The Kier molecular flexibility index (Phi) is 7.66. The summed E-state index contributed by atoms with van der Waals surface area (Å²) in [5.41, 5.74) is 1.26. The van der Waals surface area contributed by atoms with Crippen LogP contribution in [0, 0.1) is 0 Å². The van der Waals surface area contributed by atoms with Crippen LogP contribution < -0.4 is 0 Å². The van der Waals surface area contributed by atoms with Gasteiger partial charge in [-0.2, -0.15) is 0 Å². The first-order valence-electron chi connectivity index (χ1n) is 3.58. The second-order valence-corrected chi connectivity index (χ2v) is 3.01. The lowest BCUT2D eigenvalue weighted by molar-refractivity contribution is 0.816. The largest absolute Gasteiger partial charge is 0.127 e. The van der Waals surface area contributed by atoms with Crippen LogP contribution in [0.25, 0.3) is 0 Å². The van der Waals surface area contributed by atoms with E-state index in [0.29, 0.717) is 5.88 Å². The van der Waals surface area contributed by atoms with Gasteiger partial charge >= 0.3 is 0 Å². The summed E-state index contributed by atoms with van der Waals surface area (Å²) in [4.78, 5) is 0. The Morgan fingerprint density at radius 2 is 2.00 bits per heavy atom. The summed E-state index contributed by atoms with van der Waals surface area (Å²) in [6, 6.07) is 0. The van der Waals surface area contributed by atoms with Crippen molar-refractivity contribution in [2.75, 3.05) is 11.8 Å². The molecule has 0 heterocycles. The van der Waals surface area contributed by atoms with E-state index in [9.17, 15) is 0 Å². The van der Waals surface area contributed by atoms with E-state index in [1.807, 2.05) is 6.92 Å². The molecule has 0 aromatic carbocycles. The molecular weight excluding hydrogens is 167 g/mol. The summed E-state index contributed by atoms with van der Waals surface area (Å²) >= 11 is 11.1. The van der Waals surface area contributed by atoms with Crippen LogP contribution >= 0.6 is 23.2 Å². The topological polar surface area (TPSA) is 0 Å². The van der Waals surface area contributed by atoms with Crippen LogP contribution in [-0.2, 0) is 0 Å². The summed E-state index contributed by atoms with van der Waals surface area (Å²) in [5.74, 6) is 1.43. The molecule has 0 saturated heterocycles. The lowest BCUT2D eigenvalue weighted by atomic mass is 10.2. The van der Waals surface area contributed by atoms with Crippen LogP contribution in [-0.4, -0.2) is 11.8 Å². The fraction of sp³-hybridized carbons (Fsp3) is 0.750. The minimum absolute atomic E-state index is 0.654. The molecule has 0 bridgehead atoms. The molecule has 0 atom stereocenters. The molecule has 0 rings (SSSR count). The Hall–Kier alpha value is 0.320. The van der Waals surface area contributed by atoms with E-state index in [0.717, 1.165) is 18.7 Å². The van der Waals surface area contributed by atoms with Crippen LogP contribution in [0.15, 0.2) is 11.6 Å². The lowest BCUT2D eigenvalue weighted by Gasteiger charge is -1.93. The molecule has 0 spiro atoms. The fourth-order valence-electron chi connectivity index (χ4n) is 0.642. The van der Waals surface area contributed by atoms with E-state index < -0.39 is 0 Å². The van der Waals surface area contributed by atoms with E-state index >= 15 is 0 Å². The zero-order valence-electron chi connectivity index (χ0n) is 6.37. The van der Waals surface area contributed by atoms with Gasteiger partial charge in [0, 0.05) is 11.8 Å². The number of hydrogen-bond acceptors (Lipinski definition) is 0. The monoisotopic (exact) mass is 180 g/mol. The first kappa shape index (κ1) is 10.3. The number of unbranched alkanes of at least 4 members (excludes halogenated alkanes) is 2. The van der Waals surface area contributed by atoms with E-state index in [-0.39, 0.29) is 0 Å². The summed E-state index contributed by atoms with van der Waals surface area (Å²) in [5, 5.41) is 0. The molecule has 60 valence electrons. The Morgan fingerprint density at radius 1 is 1.30 bits per heavy atom. The normalized spacial score (nSPS) is 12.1. The fourth-order valence-corrected chi connectivity index (χ4v) is 0.940. The van der Waals surface area contributed by atoms with Gasteiger partial charge in [-0.05, 0) is 26.2 Å². The predicted molar refractivity (Wildman–Crippen MR) is 49.0 cm³/mol. The number of rotatable bonds is 5. The summed E-state index contributed by atoms with van der Waals surface area (Å²) < 4.78 is 0. The molecule has 0 aliphatic carbocycles. The summed E-state index contributed by atoms with van der Waals surface area (Å²) in [6.45, 7) is 2.05. The zero-order chi connectivity index (χ0) is 7.82. The Morgan fingerprint density at radius 3 is 2.50 bits per heavy atom. The molecular formula is C8H14Cl2. The highest BCUT2D eigenvalue weighted by Gasteiger charge is 1.85. The second-order valence-electron chi connectivity index (χ2n) is 2.37. The van der Waals surface area contributed by atoms with Crippen molar-refractivity contribution in [1.29, 1.82) is 0 Å². The molecule has 0 aliphatic heterocycles. The molecule has 0 aliphatic rings. The maximum absolute atomic E-state index is 5.57. The van der Waals surface area contributed by atoms with Crippen LogP contribution in [0.5, 0.6) is 0 Å². The molecule has 0 amide bonds. The molecule has 0 nitrogen and oxygen atoms in total. The van der Waals surface area contributed by atoms with E-state index in [1.54, 1.807) is 0 Å². The van der Waals surface area contributed by atoms with Crippen LogP contribution in [0.3, 0.4) is 0 Å². The summed E-state index contributed by atoms with van der Waals surface area (Å²) in [7, 11) is 0. The van der Waals surface area contributed by atoms with Crippen molar-refractivity contribution in [2.24, 2.45) is 0 Å². The highest BCUT2D eigenvalue weighted by molar-refractivity contribution is 6.19. The first-order chi connectivity index (χ1) is 4.81. The van der Waals surface area contributed by atoms with Crippen molar-refractivity contribution in [1.82, 2.24) is 0 Å². The van der Waals surface area contributed by atoms with Crippen molar-refractivity contribution in [2.45, 2.75) is 26.2 Å². The van der Waals surface area contributed by atoms with Gasteiger partial charge in [-0.1, -0.05) is 11.6 Å². The molecule has 0 N–H and O–H groups in total. The van der Waals surface area contributed by atoms with Crippen molar-refractivity contribution >= 4 is 23.2 Å². The van der Waals surface area contributed by atoms with Gasteiger partial charge in [-0.25, -0.2) is 0 Å². The van der Waals surface area contributed by atoms with Gasteiger partial charge in [-0.15, -0.1) is 23.2 Å². The Balaban J connectivity index is 3.16. The van der Waals surface area contributed by atoms with Crippen molar-refractivity contribution < 1.29 is 0 Å². The van der Waals surface area contributed by atoms with Crippen molar-refractivity contribution in [3.63, 3.8) is 0 Å². The van der Waals surface area contributed by atoms with E-state index in [4.69, 9.17) is 23.2 Å². The number of halogens is 2. The molecule has 0 unspecified atom stereocenters. The first-order valence-corrected chi connectivity index (χ1v) is 4.65. The third-order valence-electron chi connectivity index (χ3n) is 1.29. The standard InChI is InChI=1S/C8H14Cl2/c1-8(7-10)5-3-2-4-6-9/h5H,2-4,6-7H2,1H3/b8-5+. The predicted octanol–water partition coefficient (Wildman–Crippen LogP) is 3.58. The number of hydrogen-bond donors (Lipinski definition) is 0. The lowest BCUT2D eigenvalue weighted by Crippen LogP contribution is -1.78. The SMILES string of the molecule is C/C(=C\CCCCCl)CCl. The second kappa shape index (κ2) is 7.43. The Bertz CT molecular complexity index is 97.4. The third kappa shape index (κ3) is 6.44. The molecule has 0 aromatic heterocycles. The highest BCUT2D eigenvalue weighted by Crippen LogP contribution is 2.03. The number of allylic oxidation sites excluding steroid dienone is 2. The maximum Gasteiger partial charge on any atom is 0.0430 e. The minimum atomic E-state index is 0.654. The molecule has 0 radical (unpaired) electrons. The minimum Gasteiger partial charge on any atom is -0.127 e. The van der Waals surface area contributed by atoms with E-state index in [1.165, 1.54) is 12.0 Å². The van der Waals surface area contributed by atoms with Crippen molar-refractivity contribution in [3.05, 3.63) is 11.6 Å². The molecule has 2 heteroatoms. The molecule has 10 heavy (non-hydrogen) atoms. The Labute approximate surface area is 73.2 Å². The van der Waals surface area contributed by atoms with Crippen LogP contribution in [0.1, 0.15) is 26.2 Å².